The maximum Gasteiger partial charge on any atom is 0.153 e. The van der Waals surface area contributed by atoms with Crippen LogP contribution in [0.1, 0.15) is 18.5 Å². The van der Waals surface area contributed by atoms with E-state index in [-0.39, 0.29) is 6.10 Å². The molecule has 2 saturated heterocycles. The predicted molar refractivity (Wildman–Crippen MR) is 128 cm³/mol. The van der Waals surface area contributed by atoms with Crippen LogP contribution in [0.4, 0.5) is 11.5 Å². The van der Waals surface area contributed by atoms with Gasteiger partial charge in [-0.2, -0.15) is 5.10 Å². The lowest BCUT2D eigenvalue weighted by Crippen LogP contribution is -2.57. The molecular formula is C25H27N7O2. The van der Waals surface area contributed by atoms with Gasteiger partial charge in [-0.3, -0.25) is 9.88 Å². The number of fused-ring (bicyclic) bond motifs is 3. The van der Waals surface area contributed by atoms with Crippen molar-refractivity contribution in [3.05, 3.63) is 61.1 Å². The van der Waals surface area contributed by atoms with Crippen LogP contribution in [-0.4, -0.2) is 67.9 Å². The molecule has 0 unspecified atom stereocenters. The van der Waals surface area contributed by atoms with Crippen molar-refractivity contribution in [1.82, 2.24) is 29.5 Å². The fourth-order valence-electron chi connectivity index (χ4n) is 4.92. The maximum absolute atomic E-state index is 6.58. The number of morpholine rings is 1. The number of hydrogen-bond acceptors (Lipinski definition) is 8. The molecule has 1 N–H and O–H groups in total. The molecule has 2 aliphatic heterocycles. The zero-order chi connectivity index (χ0) is 23.1. The lowest BCUT2D eigenvalue weighted by atomic mass is 9.92. The van der Waals surface area contributed by atoms with E-state index in [0.29, 0.717) is 12.1 Å². The van der Waals surface area contributed by atoms with Crippen LogP contribution in [0, 0.1) is 6.92 Å². The first-order valence-electron chi connectivity index (χ1n) is 11.6. The average molecular weight is 458 g/mol. The van der Waals surface area contributed by atoms with Gasteiger partial charge in [0.25, 0.3) is 0 Å². The second-order valence-corrected chi connectivity index (χ2v) is 9.11. The Morgan fingerprint density at radius 3 is 2.65 bits per heavy atom. The second kappa shape index (κ2) is 8.66. The molecule has 4 aromatic rings. The summed E-state index contributed by atoms with van der Waals surface area (Å²) in [5.74, 6) is 1.55. The van der Waals surface area contributed by atoms with Crippen molar-refractivity contribution in [3.63, 3.8) is 0 Å². The lowest BCUT2D eigenvalue weighted by molar-refractivity contribution is -0.0879. The summed E-state index contributed by atoms with van der Waals surface area (Å²) in [6, 6.07) is 9.10. The topological polar surface area (TPSA) is 89.7 Å². The van der Waals surface area contributed by atoms with E-state index in [0.717, 1.165) is 65.6 Å². The molecule has 9 heteroatoms. The molecule has 6 rings (SSSR count). The van der Waals surface area contributed by atoms with Gasteiger partial charge in [-0.15, -0.1) is 0 Å². The van der Waals surface area contributed by atoms with Crippen LogP contribution in [0.15, 0.2) is 55.4 Å². The summed E-state index contributed by atoms with van der Waals surface area (Å²) in [6.07, 6.45) is 10.8. The van der Waals surface area contributed by atoms with Crippen molar-refractivity contribution in [3.8, 4) is 16.9 Å². The van der Waals surface area contributed by atoms with Crippen molar-refractivity contribution in [2.24, 2.45) is 0 Å². The molecule has 0 saturated carbocycles. The number of nitrogens with one attached hydrogen (secondary N) is 1. The molecule has 4 aromatic heterocycles. The quantitative estimate of drug-likeness (QED) is 0.487. The molecule has 0 aliphatic carbocycles. The second-order valence-electron chi connectivity index (χ2n) is 9.11. The fourth-order valence-corrected chi connectivity index (χ4v) is 4.92. The normalized spacial score (nSPS) is 22.6. The number of pyridine rings is 2. The summed E-state index contributed by atoms with van der Waals surface area (Å²) < 4.78 is 14.2. The summed E-state index contributed by atoms with van der Waals surface area (Å²) in [4.78, 5) is 15.1. The summed E-state index contributed by atoms with van der Waals surface area (Å²) in [6.45, 7) is 3.55. The van der Waals surface area contributed by atoms with Gasteiger partial charge in [-0.1, -0.05) is 0 Å². The van der Waals surface area contributed by atoms with E-state index in [9.17, 15) is 0 Å². The minimum Gasteiger partial charge on any atom is -0.488 e. The smallest absolute Gasteiger partial charge is 0.153 e. The SMILES string of the molecule is Cc1cc(-c2ccn3nc(Nc4cncnc4)cc3c2)c(O[C@H]2C[C@H]3COC[C@@H](C2)N3C)cn1. The Morgan fingerprint density at radius 1 is 1.06 bits per heavy atom. The summed E-state index contributed by atoms with van der Waals surface area (Å²) in [7, 11) is 2.20. The molecule has 34 heavy (non-hydrogen) atoms. The van der Waals surface area contributed by atoms with Gasteiger partial charge < -0.3 is 14.8 Å². The standard InChI is InChI=1S/C25H27N7O2/c1-16-5-23(24(12-28-16)34-22-7-20-13-33-14-21(8-22)31(20)2)17-3-4-32-19(6-17)9-25(30-32)29-18-10-26-15-27-11-18/h3-6,9-12,15,20-22H,7-8,13-14H2,1-2H3,(H,29,30)/t20-,21+,22-. The number of aromatic nitrogens is 5. The van der Waals surface area contributed by atoms with Crippen LogP contribution in [0.3, 0.4) is 0 Å². The Balaban J connectivity index is 1.28. The van der Waals surface area contributed by atoms with Crippen molar-refractivity contribution in [2.45, 2.75) is 38.0 Å². The van der Waals surface area contributed by atoms with Crippen molar-refractivity contribution in [2.75, 3.05) is 25.6 Å². The number of rotatable bonds is 5. The van der Waals surface area contributed by atoms with E-state index in [4.69, 9.17) is 9.47 Å². The molecular weight excluding hydrogens is 430 g/mol. The molecule has 174 valence electrons. The number of aryl methyl sites for hydroxylation is 1. The minimum atomic E-state index is 0.154. The van der Waals surface area contributed by atoms with Gasteiger partial charge in [0.05, 0.1) is 43.0 Å². The largest absolute Gasteiger partial charge is 0.488 e. The predicted octanol–water partition coefficient (Wildman–Crippen LogP) is 3.48. The highest BCUT2D eigenvalue weighted by Gasteiger charge is 2.38. The van der Waals surface area contributed by atoms with Crippen LogP contribution < -0.4 is 10.1 Å². The molecule has 0 aromatic carbocycles. The van der Waals surface area contributed by atoms with E-state index in [2.05, 4.69) is 55.5 Å². The first kappa shape index (κ1) is 21.0. The lowest BCUT2D eigenvalue weighted by Gasteiger charge is -2.46. The monoisotopic (exact) mass is 457 g/mol. The number of likely N-dealkylation sites (N-methyl/N-ethyl adjacent to an activating group) is 1. The van der Waals surface area contributed by atoms with E-state index >= 15 is 0 Å². The molecule has 2 aliphatic rings. The number of hydrogen-bond donors (Lipinski definition) is 1. The third-order valence-electron chi connectivity index (χ3n) is 6.75. The Bertz CT molecular complexity index is 1300. The molecule has 2 bridgehead atoms. The van der Waals surface area contributed by atoms with Gasteiger partial charge in [0, 0.05) is 48.4 Å². The van der Waals surface area contributed by atoms with E-state index in [1.54, 1.807) is 12.4 Å². The summed E-state index contributed by atoms with van der Waals surface area (Å²) in [5, 5.41) is 7.85. The van der Waals surface area contributed by atoms with Gasteiger partial charge in [0.1, 0.15) is 18.2 Å². The van der Waals surface area contributed by atoms with Gasteiger partial charge in [-0.05, 0) is 37.7 Å². The minimum absolute atomic E-state index is 0.154. The third-order valence-corrected chi connectivity index (χ3v) is 6.75. The maximum atomic E-state index is 6.58. The highest BCUT2D eigenvalue weighted by atomic mass is 16.5. The number of nitrogens with zero attached hydrogens (tertiary/aromatic N) is 6. The molecule has 0 amide bonds. The Hall–Kier alpha value is -3.56. The zero-order valence-corrected chi connectivity index (χ0v) is 19.3. The van der Waals surface area contributed by atoms with Crippen LogP contribution in [0.25, 0.3) is 16.6 Å². The van der Waals surface area contributed by atoms with Gasteiger partial charge >= 0.3 is 0 Å². The number of piperidine rings is 1. The van der Waals surface area contributed by atoms with Gasteiger partial charge in [-0.25, -0.2) is 14.5 Å². The zero-order valence-electron chi connectivity index (χ0n) is 19.3. The molecule has 2 fully saturated rings. The number of anilines is 2. The average Bonchev–Trinajstić information content (AvgIpc) is 3.23. The van der Waals surface area contributed by atoms with Crippen molar-refractivity contribution < 1.29 is 9.47 Å². The Kier molecular flexibility index (Phi) is 5.35. The first-order chi connectivity index (χ1) is 16.6. The van der Waals surface area contributed by atoms with Crippen LogP contribution in [0.5, 0.6) is 5.75 Å². The highest BCUT2D eigenvalue weighted by molar-refractivity contribution is 5.75. The highest BCUT2D eigenvalue weighted by Crippen LogP contribution is 2.35. The number of ether oxygens (including phenoxy) is 2. The Labute approximate surface area is 197 Å². The summed E-state index contributed by atoms with van der Waals surface area (Å²) in [5.41, 5.74) is 4.83. The van der Waals surface area contributed by atoms with E-state index in [1.165, 1.54) is 6.33 Å². The Morgan fingerprint density at radius 2 is 1.85 bits per heavy atom. The van der Waals surface area contributed by atoms with Gasteiger partial charge in [0.2, 0.25) is 0 Å². The molecule has 3 atom stereocenters. The van der Waals surface area contributed by atoms with Crippen molar-refractivity contribution >= 4 is 17.0 Å². The molecule has 9 nitrogen and oxygen atoms in total. The molecule has 6 heterocycles. The fraction of sp³-hybridized carbons (Fsp3) is 0.360. The van der Waals surface area contributed by atoms with E-state index < -0.39 is 0 Å². The van der Waals surface area contributed by atoms with Crippen LogP contribution in [-0.2, 0) is 4.74 Å². The van der Waals surface area contributed by atoms with Gasteiger partial charge in [0.15, 0.2) is 5.82 Å². The third kappa shape index (κ3) is 4.08. The van der Waals surface area contributed by atoms with E-state index in [1.807, 2.05) is 29.9 Å². The molecule has 0 spiro atoms. The van der Waals surface area contributed by atoms with Crippen LogP contribution in [0.2, 0.25) is 0 Å². The summed E-state index contributed by atoms with van der Waals surface area (Å²) >= 11 is 0. The van der Waals surface area contributed by atoms with Crippen molar-refractivity contribution in [1.29, 1.82) is 0 Å². The van der Waals surface area contributed by atoms with Crippen LogP contribution >= 0.6 is 0 Å². The molecule has 0 radical (unpaired) electrons. The first-order valence-corrected chi connectivity index (χ1v) is 11.6.